The van der Waals surface area contributed by atoms with Crippen molar-refractivity contribution in [3.05, 3.63) is 33.2 Å². The normalized spacial score (nSPS) is 30.2. The molecule has 1 aromatic heterocycles. The molecule has 3 aliphatic rings. The SMILES string of the molecule is COC1(C)CC(O)C12CCN(C(=O)c1cc3c([nH]c1=O)CCC3)CC2. The molecule has 2 aliphatic carbocycles. The number of carbonyl (C=O) groups excluding carboxylic acids is 1. The van der Waals surface area contributed by atoms with Crippen LogP contribution < -0.4 is 5.56 Å². The Morgan fingerprint density at radius 2 is 2.08 bits per heavy atom. The second kappa shape index (κ2) is 5.68. The van der Waals surface area contributed by atoms with E-state index in [1.165, 1.54) is 0 Å². The number of hydrogen-bond acceptors (Lipinski definition) is 4. The first-order valence-electron chi connectivity index (χ1n) is 9.18. The molecule has 0 aromatic carbocycles. The molecule has 0 bridgehead atoms. The van der Waals surface area contributed by atoms with Crippen molar-refractivity contribution >= 4 is 5.91 Å². The molecule has 1 saturated carbocycles. The van der Waals surface area contributed by atoms with Crippen molar-refractivity contribution < 1.29 is 14.6 Å². The number of methoxy groups -OCH3 is 1. The van der Waals surface area contributed by atoms with Crippen LogP contribution in [-0.4, -0.2) is 52.8 Å². The molecule has 1 aliphatic heterocycles. The average molecular weight is 346 g/mol. The monoisotopic (exact) mass is 346 g/mol. The van der Waals surface area contributed by atoms with Gasteiger partial charge in [-0.1, -0.05) is 0 Å². The standard InChI is InChI=1S/C19H26N2O4/c1-18(25-2)11-15(22)19(18)6-8-21(9-7-19)17(24)13-10-12-4-3-5-14(12)20-16(13)23/h10,15,22H,3-9,11H2,1-2H3,(H,20,23). The zero-order valence-corrected chi connectivity index (χ0v) is 14.9. The number of hydrogen-bond donors (Lipinski definition) is 2. The van der Waals surface area contributed by atoms with Gasteiger partial charge >= 0.3 is 0 Å². The maximum absolute atomic E-state index is 12.9. The molecule has 0 radical (unpaired) electrons. The lowest BCUT2D eigenvalue weighted by Gasteiger charge is -2.62. The fraction of sp³-hybridized carbons (Fsp3) is 0.684. The number of piperidine rings is 1. The van der Waals surface area contributed by atoms with E-state index in [-0.39, 0.29) is 34.1 Å². The zero-order chi connectivity index (χ0) is 17.8. The van der Waals surface area contributed by atoms with E-state index < -0.39 is 0 Å². The summed E-state index contributed by atoms with van der Waals surface area (Å²) in [6, 6.07) is 1.78. The van der Waals surface area contributed by atoms with E-state index in [2.05, 4.69) is 4.98 Å². The summed E-state index contributed by atoms with van der Waals surface area (Å²) in [6.45, 7) is 3.14. The smallest absolute Gasteiger partial charge is 0.261 e. The summed E-state index contributed by atoms with van der Waals surface area (Å²) in [5.74, 6) is -0.196. The highest BCUT2D eigenvalue weighted by molar-refractivity contribution is 5.94. The number of carbonyl (C=O) groups is 1. The lowest BCUT2D eigenvalue weighted by molar-refractivity contribution is -0.259. The van der Waals surface area contributed by atoms with Crippen LogP contribution in [0.1, 0.15) is 54.2 Å². The van der Waals surface area contributed by atoms with Crippen molar-refractivity contribution in [2.24, 2.45) is 5.41 Å². The number of nitrogens with one attached hydrogen (secondary N) is 1. The Morgan fingerprint density at radius 1 is 1.36 bits per heavy atom. The van der Waals surface area contributed by atoms with Crippen molar-refractivity contribution in [2.75, 3.05) is 20.2 Å². The first-order valence-corrected chi connectivity index (χ1v) is 9.18. The maximum Gasteiger partial charge on any atom is 0.261 e. The molecule has 2 atom stereocenters. The zero-order valence-electron chi connectivity index (χ0n) is 14.9. The molecule has 1 spiro atoms. The lowest BCUT2D eigenvalue weighted by Crippen LogP contribution is -2.69. The third kappa shape index (κ3) is 2.30. The molecule has 6 heteroatoms. The Kier molecular flexibility index (Phi) is 3.81. The van der Waals surface area contributed by atoms with Crippen molar-refractivity contribution in [2.45, 2.75) is 57.2 Å². The largest absolute Gasteiger partial charge is 0.392 e. The van der Waals surface area contributed by atoms with Crippen LogP contribution in [0.5, 0.6) is 0 Å². The van der Waals surface area contributed by atoms with Crippen LogP contribution in [-0.2, 0) is 17.6 Å². The van der Waals surface area contributed by atoms with Crippen LogP contribution >= 0.6 is 0 Å². The number of rotatable bonds is 2. The predicted octanol–water partition coefficient (Wildman–Crippen LogP) is 1.26. The maximum atomic E-state index is 12.9. The van der Waals surface area contributed by atoms with Gasteiger partial charge in [0.05, 0.1) is 11.7 Å². The molecule has 2 fully saturated rings. The van der Waals surface area contributed by atoms with Gasteiger partial charge in [-0.15, -0.1) is 0 Å². The Morgan fingerprint density at radius 3 is 2.72 bits per heavy atom. The topological polar surface area (TPSA) is 82.6 Å². The summed E-state index contributed by atoms with van der Waals surface area (Å²) in [7, 11) is 1.69. The van der Waals surface area contributed by atoms with E-state index in [1.54, 1.807) is 18.1 Å². The summed E-state index contributed by atoms with van der Waals surface area (Å²) in [6.07, 6.45) is 4.51. The van der Waals surface area contributed by atoms with Gasteiger partial charge in [-0.3, -0.25) is 9.59 Å². The number of fused-ring (bicyclic) bond motifs is 1. The van der Waals surface area contributed by atoms with Gasteiger partial charge in [0.15, 0.2) is 0 Å². The van der Waals surface area contributed by atoms with Gasteiger partial charge in [0, 0.05) is 37.7 Å². The third-order valence-corrected chi connectivity index (χ3v) is 6.99. The molecule has 2 unspecified atom stereocenters. The number of aliphatic hydroxyl groups excluding tert-OH is 1. The summed E-state index contributed by atoms with van der Waals surface area (Å²) in [5.41, 5.74) is 1.44. The third-order valence-electron chi connectivity index (χ3n) is 6.99. The number of nitrogens with zero attached hydrogens (tertiary/aromatic N) is 1. The molecule has 25 heavy (non-hydrogen) atoms. The number of H-pyrrole nitrogens is 1. The van der Waals surface area contributed by atoms with Gasteiger partial charge in [0.25, 0.3) is 11.5 Å². The number of aromatic amines is 1. The average Bonchev–Trinajstić information content (AvgIpc) is 3.07. The van der Waals surface area contributed by atoms with Crippen molar-refractivity contribution in [1.29, 1.82) is 0 Å². The number of aliphatic hydroxyl groups is 1. The number of amides is 1. The number of likely N-dealkylation sites (tertiary alicyclic amines) is 1. The van der Waals surface area contributed by atoms with E-state index in [4.69, 9.17) is 4.74 Å². The molecule has 1 aromatic rings. The molecule has 2 N–H and O–H groups in total. The van der Waals surface area contributed by atoms with E-state index in [1.807, 2.05) is 6.92 Å². The summed E-state index contributed by atoms with van der Waals surface area (Å²) in [4.78, 5) is 29.8. The molecule has 6 nitrogen and oxygen atoms in total. The quantitative estimate of drug-likeness (QED) is 0.844. The molecule has 2 heterocycles. The van der Waals surface area contributed by atoms with Crippen LogP contribution in [0.3, 0.4) is 0 Å². The van der Waals surface area contributed by atoms with Gasteiger partial charge in [0.1, 0.15) is 5.56 Å². The van der Waals surface area contributed by atoms with Gasteiger partial charge in [-0.05, 0) is 50.7 Å². The van der Waals surface area contributed by atoms with E-state index in [0.29, 0.717) is 32.4 Å². The fourth-order valence-electron chi connectivity index (χ4n) is 5.09. The number of aromatic nitrogens is 1. The van der Waals surface area contributed by atoms with E-state index >= 15 is 0 Å². The Balaban J connectivity index is 1.52. The van der Waals surface area contributed by atoms with Crippen LogP contribution in [0, 0.1) is 5.41 Å². The van der Waals surface area contributed by atoms with E-state index in [9.17, 15) is 14.7 Å². The van der Waals surface area contributed by atoms with Crippen LogP contribution in [0.4, 0.5) is 0 Å². The Hall–Kier alpha value is -1.66. The van der Waals surface area contributed by atoms with Crippen LogP contribution in [0.2, 0.25) is 0 Å². The number of aryl methyl sites for hydroxylation is 2. The van der Waals surface area contributed by atoms with Gasteiger partial charge in [0.2, 0.25) is 0 Å². The second-order valence-corrected chi connectivity index (χ2v) is 7.97. The minimum absolute atomic E-state index is 0.196. The summed E-state index contributed by atoms with van der Waals surface area (Å²) < 4.78 is 5.67. The first kappa shape index (κ1) is 16.8. The van der Waals surface area contributed by atoms with Crippen LogP contribution in [0.15, 0.2) is 10.9 Å². The van der Waals surface area contributed by atoms with Crippen molar-refractivity contribution in [1.82, 2.24) is 9.88 Å². The summed E-state index contributed by atoms with van der Waals surface area (Å²) in [5, 5.41) is 10.3. The highest BCUT2D eigenvalue weighted by atomic mass is 16.5. The predicted molar refractivity (Wildman–Crippen MR) is 92.7 cm³/mol. The molecular weight excluding hydrogens is 320 g/mol. The first-order chi connectivity index (χ1) is 11.9. The highest BCUT2D eigenvalue weighted by Crippen LogP contribution is 2.57. The van der Waals surface area contributed by atoms with Gasteiger partial charge < -0.3 is 19.7 Å². The molecule has 1 amide bonds. The summed E-state index contributed by atoms with van der Waals surface area (Å²) >= 11 is 0. The molecule has 1 saturated heterocycles. The number of pyridine rings is 1. The second-order valence-electron chi connectivity index (χ2n) is 7.97. The minimum Gasteiger partial charge on any atom is -0.392 e. The van der Waals surface area contributed by atoms with Crippen molar-refractivity contribution in [3.8, 4) is 0 Å². The Bertz CT molecular complexity index is 763. The van der Waals surface area contributed by atoms with E-state index in [0.717, 1.165) is 30.5 Å². The Labute approximate surface area is 147 Å². The fourth-order valence-corrected chi connectivity index (χ4v) is 5.09. The molecule has 136 valence electrons. The number of ether oxygens (including phenoxy) is 1. The molecular formula is C19H26N2O4. The molecule has 4 rings (SSSR count). The van der Waals surface area contributed by atoms with Gasteiger partial charge in [-0.2, -0.15) is 0 Å². The lowest BCUT2D eigenvalue weighted by atomic mass is 9.51. The van der Waals surface area contributed by atoms with Crippen molar-refractivity contribution in [3.63, 3.8) is 0 Å². The van der Waals surface area contributed by atoms with Gasteiger partial charge in [-0.25, -0.2) is 0 Å². The van der Waals surface area contributed by atoms with Crippen LogP contribution in [0.25, 0.3) is 0 Å². The highest BCUT2D eigenvalue weighted by Gasteiger charge is 2.63. The minimum atomic E-state index is -0.377.